The minimum atomic E-state index is -0.566. The number of nitrogens with two attached hydrogens (primary N) is 1. The van der Waals surface area contributed by atoms with Crippen LogP contribution in [0.4, 0.5) is 33.2 Å². The van der Waals surface area contributed by atoms with E-state index in [1.165, 1.54) is 0 Å². The summed E-state index contributed by atoms with van der Waals surface area (Å²) >= 11 is 0. The summed E-state index contributed by atoms with van der Waals surface area (Å²) in [4.78, 5) is 8.18. The van der Waals surface area contributed by atoms with Gasteiger partial charge >= 0.3 is 0 Å². The molecule has 2 aromatic carbocycles. The lowest BCUT2D eigenvalue weighted by atomic mass is 10.3. The molecule has 3 aromatic rings. The normalized spacial score (nSPS) is 10.6. The van der Waals surface area contributed by atoms with Crippen molar-refractivity contribution < 1.29 is 13.9 Å². The first kappa shape index (κ1) is 21.3. The molecule has 5 N–H and O–H groups in total. The van der Waals surface area contributed by atoms with E-state index in [1.54, 1.807) is 24.3 Å². The molecule has 1 aromatic heterocycles. The average molecular weight is 412 g/mol. The number of aromatic nitrogens is 2. The van der Waals surface area contributed by atoms with E-state index in [-0.39, 0.29) is 11.8 Å². The number of nitrogens with zero attached hydrogens (tertiary/aromatic N) is 2. The molecule has 0 radical (unpaired) electrons. The number of ether oxygens (including phenoxy) is 2. The van der Waals surface area contributed by atoms with E-state index in [0.717, 1.165) is 24.2 Å². The number of nitrogens with one attached hydrogen (secondary N) is 3. The van der Waals surface area contributed by atoms with Crippen LogP contribution in [0.3, 0.4) is 0 Å². The van der Waals surface area contributed by atoms with Gasteiger partial charge < -0.3 is 31.2 Å². The molecule has 1 heterocycles. The van der Waals surface area contributed by atoms with Gasteiger partial charge in [0.25, 0.3) is 0 Å². The van der Waals surface area contributed by atoms with Crippen LogP contribution in [0.5, 0.6) is 5.75 Å². The Morgan fingerprint density at radius 3 is 2.60 bits per heavy atom. The second kappa shape index (κ2) is 10.9. The number of hydrogen-bond donors (Lipinski definition) is 4. The van der Waals surface area contributed by atoms with Crippen molar-refractivity contribution in [3.05, 3.63) is 60.5 Å². The van der Waals surface area contributed by atoms with Gasteiger partial charge in [-0.2, -0.15) is 4.98 Å². The topological polar surface area (TPSA) is 106 Å². The van der Waals surface area contributed by atoms with Gasteiger partial charge in [0, 0.05) is 23.6 Å². The highest BCUT2D eigenvalue weighted by molar-refractivity contribution is 5.63. The Morgan fingerprint density at radius 2 is 1.83 bits per heavy atom. The van der Waals surface area contributed by atoms with Crippen molar-refractivity contribution >= 4 is 28.8 Å². The predicted molar refractivity (Wildman–Crippen MR) is 116 cm³/mol. The van der Waals surface area contributed by atoms with Crippen LogP contribution in [0.15, 0.2) is 54.7 Å². The molecule has 158 valence electrons. The van der Waals surface area contributed by atoms with Gasteiger partial charge in [-0.05, 0) is 49.5 Å². The van der Waals surface area contributed by atoms with Crippen molar-refractivity contribution in [3.8, 4) is 5.75 Å². The first-order valence-electron chi connectivity index (χ1n) is 9.51. The van der Waals surface area contributed by atoms with E-state index in [2.05, 4.69) is 25.9 Å². The van der Waals surface area contributed by atoms with Crippen LogP contribution in [0, 0.1) is 5.82 Å². The van der Waals surface area contributed by atoms with Crippen LogP contribution in [0.25, 0.3) is 0 Å². The molecule has 0 bridgehead atoms. The Morgan fingerprint density at radius 1 is 1.00 bits per heavy atom. The third kappa shape index (κ3) is 6.57. The molecule has 0 aliphatic carbocycles. The molecule has 0 atom stereocenters. The summed E-state index contributed by atoms with van der Waals surface area (Å²) in [6.45, 7) is 2.45. The fraction of sp³-hybridized carbons (Fsp3) is 0.238. The lowest BCUT2D eigenvalue weighted by Gasteiger charge is -2.11. The van der Waals surface area contributed by atoms with Gasteiger partial charge in [-0.3, -0.25) is 0 Å². The summed E-state index contributed by atoms with van der Waals surface area (Å²) in [6.07, 6.45) is 1.11. The molecule has 0 saturated heterocycles. The summed E-state index contributed by atoms with van der Waals surface area (Å²) in [5.74, 6) is 0.469. The maximum absolute atomic E-state index is 14.1. The van der Waals surface area contributed by atoms with Crippen LogP contribution < -0.4 is 26.4 Å². The number of hydrogen-bond acceptors (Lipinski definition) is 8. The van der Waals surface area contributed by atoms with Gasteiger partial charge in [0.2, 0.25) is 5.95 Å². The lowest BCUT2D eigenvalue weighted by Crippen LogP contribution is -2.16. The van der Waals surface area contributed by atoms with Crippen LogP contribution in [0.2, 0.25) is 0 Å². The second-order valence-electron chi connectivity index (χ2n) is 6.35. The molecule has 30 heavy (non-hydrogen) atoms. The SMILES string of the molecule is CNCCOCCOc1ccc(Nc2ncc(F)c(Nc3cccc(N)c3)n2)cc1. The van der Waals surface area contributed by atoms with Crippen LogP contribution in [-0.4, -0.2) is 43.4 Å². The number of rotatable bonds is 11. The highest BCUT2D eigenvalue weighted by Gasteiger charge is 2.08. The largest absolute Gasteiger partial charge is 0.491 e. The fourth-order valence-corrected chi connectivity index (χ4v) is 2.53. The molecular weight excluding hydrogens is 387 g/mol. The average Bonchev–Trinajstić information content (AvgIpc) is 2.74. The van der Waals surface area contributed by atoms with Gasteiger partial charge in [-0.25, -0.2) is 9.37 Å². The Kier molecular flexibility index (Phi) is 7.76. The number of halogens is 1. The Labute approximate surface area is 174 Å². The van der Waals surface area contributed by atoms with Crippen molar-refractivity contribution in [2.75, 3.05) is 49.8 Å². The quantitative estimate of drug-likeness (QED) is 0.281. The number of anilines is 5. The summed E-state index contributed by atoms with van der Waals surface area (Å²) in [5.41, 5.74) is 7.70. The molecule has 9 heteroatoms. The van der Waals surface area contributed by atoms with E-state index >= 15 is 0 Å². The summed E-state index contributed by atoms with van der Waals surface area (Å²) in [5, 5.41) is 8.96. The van der Waals surface area contributed by atoms with Crippen LogP contribution in [0.1, 0.15) is 0 Å². The predicted octanol–water partition coefficient (Wildman–Crippen LogP) is 3.30. The third-order valence-corrected chi connectivity index (χ3v) is 4.00. The number of benzene rings is 2. The van der Waals surface area contributed by atoms with Crippen LogP contribution in [-0.2, 0) is 4.74 Å². The van der Waals surface area contributed by atoms with E-state index < -0.39 is 5.82 Å². The smallest absolute Gasteiger partial charge is 0.229 e. The molecule has 0 aliphatic heterocycles. The highest BCUT2D eigenvalue weighted by atomic mass is 19.1. The Bertz CT molecular complexity index is 939. The molecule has 0 spiro atoms. The summed E-state index contributed by atoms with van der Waals surface area (Å²) < 4.78 is 25.1. The third-order valence-electron chi connectivity index (χ3n) is 4.00. The molecule has 0 saturated carbocycles. The van der Waals surface area contributed by atoms with Gasteiger partial charge in [-0.1, -0.05) is 6.07 Å². The van der Waals surface area contributed by atoms with Crippen molar-refractivity contribution in [1.29, 1.82) is 0 Å². The Balaban J connectivity index is 1.55. The van der Waals surface area contributed by atoms with Crippen LogP contribution >= 0.6 is 0 Å². The number of likely N-dealkylation sites (N-methyl/N-ethyl adjacent to an activating group) is 1. The zero-order valence-electron chi connectivity index (χ0n) is 16.7. The van der Waals surface area contributed by atoms with E-state index in [9.17, 15) is 4.39 Å². The standard InChI is InChI=1S/C21H25FN6O2/c1-24-9-10-29-11-12-30-18-7-5-16(6-8-18)27-21-25-14-19(22)20(28-21)26-17-4-2-3-15(23)13-17/h2-8,13-14,24H,9-12,23H2,1H3,(H2,25,26,27,28). The lowest BCUT2D eigenvalue weighted by molar-refractivity contribution is 0.103. The van der Waals surface area contributed by atoms with Gasteiger partial charge in [-0.15, -0.1) is 0 Å². The molecule has 0 fully saturated rings. The molecular formula is C21H25FN6O2. The minimum absolute atomic E-state index is 0.0522. The maximum Gasteiger partial charge on any atom is 0.229 e. The van der Waals surface area contributed by atoms with Crippen molar-refractivity contribution in [2.45, 2.75) is 0 Å². The van der Waals surface area contributed by atoms with Crippen molar-refractivity contribution in [2.24, 2.45) is 0 Å². The van der Waals surface area contributed by atoms with Gasteiger partial charge in [0.15, 0.2) is 11.6 Å². The molecule has 0 aliphatic rings. The maximum atomic E-state index is 14.1. The Hall–Kier alpha value is -3.43. The van der Waals surface area contributed by atoms with E-state index in [4.69, 9.17) is 15.2 Å². The molecule has 3 rings (SSSR count). The van der Waals surface area contributed by atoms with E-state index in [1.807, 2.05) is 31.3 Å². The minimum Gasteiger partial charge on any atom is -0.491 e. The second-order valence-corrected chi connectivity index (χ2v) is 6.35. The highest BCUT2D eigenvalue weighted by Crippen LogP contribution is 2.22. The number of nitrogen functional groups attached to an aromatic ring is 1. The molecule has 0 unspecified atom stereocenters. The van der Waals surface area contributed by atoms with Gasteiger partial charge in [0.1, 0.15) is 12.4 Å². The van der Waals surface area contributed by atoms with E-state index in [0.29, 0.717) is 31.2 Å². The fourth-order valence-electron chi connectivity index (χ4n) is 2.53. The summed E-state index contributed by atoms with van der Waals surface area (Å²) in [7, 11) is 1.88. The monoisotopic (exact) mass is 412 g/mol. The molecule has 8 nitrogen and oxygen atoms in total. The zero-order chi connectivity index (χ0) is 21.2. The van der Waals surface area contributed by atoms with Crippen molar-refractivity contribution in [3.63, 3.8) is 0 Å². The zero-order valence-corrected chi connectivity index (χ0v) is 16.7. The van der Waals surface area contributed by atoms with Gasteiger partial charge in [0.05, 0.1) is 19.4 Å². The van der Waals surface area contributed by atoms with Crippen molar-refractivity contribution in [1.82, 2.24) is 15.3 Å². The first-order valence-corrected chi connectivity index (χ1v) is 9.51. The molecule has 0 amide bonds. The summed E-state index contributed by atoms with van der Waals surface area (Å²) in [6, 6.07) is 14.3. The first-order chi connectivity index (χ1) is 14.6.